The summed E-state index contributed by atoms with van der Waals surface area (Å²) in [4.78, 5) is 2.50. The van der Waals surface area contributed by atoms with Gasteiger partial charge in [0.2, 0.25) is 0 Å². The zero-order valence-electron chi connectivity index (χ0n) is 11.6. The number of hydrogen-bond acceptors (Lipinski definition) is 3. The first-order chi connectivity index (χ1) is 8.60. The molecular formula is C15H24N2O. The van der Waals surface area contributed by atoms with E-state index in [1.165, 1.54) is 17.5 Å². The van der Waals surface area contributed by atoms with Crippen LogP contribution >= 0.6 is 0 Å². The molecule has 1 aliphatic rings. The Morgan fingerprint density at radius 3 is 2.83 bits per heavy atom. The average molecular weight is 248 g/mol. The molecule has 0 spiro atoms. The van der Waals surface area contributed by atoms with Crippen LogP contribution in [-0.4, -0.2) is 31.1 Å². The standard InChI is InChI=1S/C15H24N2O/c1-11-8-13(4-5-15(11)18-3)9-17-7-6-14(10-17)12(2)16/h4-5,8,12,14H,6-7,9-10,16H2,1-3H3. The highest BCUT2D eigenvalue weighted by molar-refractivity contribution is 5.36. The van der Waals surface area contributed by atoms with E-state index in [2.05, 4.69) is 36.9 Å². The molecule has 0 radical (unpaired) electrons. The van der Waals surface area contributed by atoms with E-state index in [1.54, 1.807) is 7.11 Å². The summed E-state index contributed by atoms with van der Waals surface area (Å²) in [6.45, 7) is 7.52. The molecule has 1 aromatic rings. The smallest absolute Gasteiger partial charge is 0.121 e. The number of aryl methyl sites for hydroxylation is 1. The number of nitrogens with zero attached hydrogens (tertiary/aromatic N) is 1. The first-order valence-corrected chi connectivity index (χ1v) is 6.71. The molecule has 1 fully saturated rings. The van der Waals surface area contributed by atoms with Gasteiger partial charge in [-0.15, -0.1) is 0 Å². The van der Waals surface area contributed by atoms with Crippen molar-refractivity contribution >= 4 is 0 Å². The summed E-state index contributed by atoms with van der Waals surface area (Å²) in [6.07, 6.45) is 1.23. The van der Waals surface area contributed by atoms with Crippen LogP contribution in [0.3, 0.4) is 0 Å². The van der Waals surface area contributed by atoms with Crippen LogP contribution in [-0.2, 0) is 6.54 Å². The normalized spacial score (nSPS) is 22.1. The molecule has 2 rings (SSSR count). The minimum atomic E-state index is 0.313. The number of likely N-dealkylation sites (tertiary alicyclic amines) is 1. The highest BCUT2D eigenvalue weighted by Gasteiger charge is 2.24. The lowest BCUT2D eigenvalue weighted by atomic mass is 10.0. The molecule has 2 unspecified atom stereocenters. The minimum Gasteiger partial charge on any atom is -0.496 e. The molecule has 3 heteroatoms. The van der Waals surface area contributed by atoms with Crippen LogP contribution in [0.25, 0.3) is 0 Å². The Balaban J connectivity index is 1.96. The second-order valence-electron chi connectivity index (χ2n) is 5.45. The lowest BCUT2D eigenvalue weighted by Gasteiger charge is -2.18. The lowest BCUT2D eigenvalue weighted by Crippen LogP contribution is -2.29. The van der Waals surface area contributed by atoms with Crippen molar-refractivity contribution < 1.29 is 4.74 Å². The van der Waals surface area contributed by atoms with Crippen LogP contribution in [0.2, 0.25) is 0 Å². The molecule has 2 N–H and O–H groups in total. The van der Waals surface area contributed by atoms with Crippen molar-refractivity contribution in [3.05, 3.63) is 29.3 Å². The predicted octanol–water partition coefficient (Wildman–Crippen LogP) is 2.17. The van der Waals surface area contributed by atoms with E-state index in [9.17, 15) is 0 Å². The molecule has 1 aliphatic heterocycles. The Labute approximate surface area is 110 Å². The maximum atomic E-state index is 5.97. The summed E-state index contributed by atoms with van der Waals surface area (Å²) in [5.41, 5.74) is 8.54. The van der Waals surface area contributed by atoms with Gasteiger partial charge < -0.3 is 10.5 Å². The fraction of sp³-hybridized carbons (Fsp3) is 0.600. The third-order valence-corrected chi connectivity index (χ3v) is 3.92. The van der Waals surface area contributed by atoms with Gasteiger partial charge in [0.1, 0.15) is 5.75 Å². The van der Waals surface area contributed by atoms with Gasteiger partial charge in [0, 0.05) is 19.1 Å². The molecule has 2 atom stereocenters. The van der Waals surface area contributed by atoms with Crippen LogP contribution < -0.4 is 10.5 Å². The first-order valence-electron chi connectivity index (χ1n) is 6.71. The molecule has 3 nitrogen and oxygen atoms in total. The van der Waals surface area contributed by atoms with Gasteiger partial charge in [-0.25, -0.2) is 0 Å². The Morgan fingerprint density at radius 2 is 2.28 bits per heavy atom. The highest BCUT2D eigenvalue weighted by Crippen LogP contribution is 2.23. The van der Waals surface area contributed by atoms with E-state index in [4.69, 9.17) is 10.5 Å². The number of hydrogen-bond donors (Lipinski definition) is 1. The fourth-order valence-electron chi connectivity index (χ4n) is 2.73. The van der Waals surface area contributed by atoms with Gasteiger partial charge in [-0.2, -0.15) is 0 Å². The molecule has 0 amide bonds. The highest BCUT2D eigenvalue weighted by atomic mass is 16.5. The molecular weight excluding hydrogens is 224 g/mol. The van der Waals surface area contributed by atoms with Crippen molar-refractivity contribution in [1.29, 1.82) is 0 Å². The molecule has 18 heavy (non-hydrogen) atoms. The summed E-state index contributed by atoms with van der Waals surface area (Å²) >= 11 is 0. The zero-order valence-corrected chi connectivity index (χ0v) is 11.6. The van der Waals surface area contributed by atoms with Gasteiger partial charge in [0.05, 0.1) is 7.11 Å². The quantitative estimate of drug-likeness (QED) is 0.887. The Morgan fingerprint density at radius 1 is 1.50 bits per heavy atom. The third kappa shape index (κ3) is 3.03. The van der Waals surface area contributed by atoms with E-state index < -0.39 is 0 Å². The lowest BCUT2D eigenvalue weighted by molar-refractivity contribution is 0.308. The van der Waals surface area contributed by atoms with Crippen molar-refractivity contribution in [2.45, 2.75) is 32.9 Å². The van der Waals surface area contributed by atoms with Crippen molar-refractivity contribution in [1.82, 2.24) is 4.90 Å². The maximum Gasteiger partial charge on any atom is 0.121 e. The Kier molecular flexibility index (Phi) is 4.25. The van der Waals surface area contributed by atoms with Crippen LogP contribution in [0, 0.1) is 12.8 Å². The van der Waals surface area contributed by atoms with Gasteiger partial charge in [-0.05, 0) is 49.9 Å². The molecule has 1 aromatic carbocycles. The van der Waals surface area contributed by atoms with Gasteiger partial charge in [-0.3, -0.25) is 4.90 Å². The van der Waals surface area contributed by atoms with Crippen LogP contribution in [0.1, 0.15) is 24.5 Å². The second kappa shape index (κ2) is 5.72. The predicted molar refractivity (Wildman–Crippen MR) is 74.8 cm³/mol. The summed E-state index contributed by atoms with van der Waals surface area (Å²) in [5.74, 6) is 1.62. The number of benzene rings is 1. The zero-order chi connectivity index (χ0) is 13.1. The van der Waals surface area contributed by atoms with Crippen molar-refractivity contribution in [2.24, 2.45) is 11.7 Å². The summed E-state index contributed by atoms with van der Waals surface area (Å²) in [7, 11) is 1.72. The van der Waals surface area contributed by atoms with Crippen molar-refractivity contribution in [3.63, 3.8) is 0 Å². The van der Waals surface area contributed by atoms with Gasteiger partial charge in [0.15, 0.2) is 0 Å². The third-order valence-electron chi connectivity index (χ3n) is 3.92. The van der Waals surface area contributed by atoms with Crippen LogP contribution in [0.15, 0.2) is 18.2 Å². The van der Waals surface area contributed by atoms with E-state index in [-0.39, 0.29) is 0 Å². The summed E-state index contributed by atoms with van der Waals surface area (Å²) < 4.78 is 5.29. The molecule has 1 saturated heterocycles. The second-order valence-corrected chi connectivity index (χ2v) is 5.45. The summed E-state index contributed by atoms with van der Waals surface area (Å²) in [5, 5.41) is 0. The van der Waals surface area contributed by atoms with Gasteiger partial charge in [-0.1, -0.05) is 12.1 Å². The monoisotopic (exact) mass is 248 g/mol. The molecule has 1 heterocycles. The van der Waals surface area contributed by atoms with E-state index in [1.807, 2.05) is 0 Å². The van der Waals surface area contributed by atoms with Crippen molar-refractivity contribution in [3.8, 4) is 5.75 Å². The van der Waals surface area contributed by atoms with E-state index in [0.29, 0.717) is 12.0 Å². The van der Waals surface area contributed by atoms with E-state index in [0.717, 1.165) is 25.4 Å². The first kappa shape index (κ1) is 13.4. The van der Waals surface area contributed by atoms with Crippen LogP contribution in [0.5, 0.6) is 5.75 Å². The maximum absolute atomic E-state index is 5.97. The summed E-state index contributed by atoms with van der Waals surface area (Å²) in [6, 6.07) is 6.75. The SMILES string of the molecule is COc1ccc(CN2CCC(C(C)N)C2)cc1C. The Bertz CT molecular complexity index is 403. The number of ether oxygens (including phenoxy) is 1. The van der Waals surface area contributed by atoms with Gasteiger partial charge in [0.25, 0.3) is 0 Å². The number of rotatable bonds is 4. The Hall–Kier alpha value is -1.06. The molecule has 0 aliphatic carbocycles. The van der Waals surface area contributed by atoms with Crippen LogP contribution in [0.4, 0.5) is 0 Å². The number of methoxy groups -OCH3 is 1. The number of nitrogens with two attached hydrogens (primary N) is 1. The van der Waals surface area contributed by atoms with E-state index >= 15 is 0 Å². The topological polar surface area (TPSA) is 38.5 Å². The molecule has 0 saturated carbocycles. The average Bonchev–Trinajstić information content (AvgIpc) is 2.78. The molecule has 0 aromatic heterocycles. The van der Waals surface area contributed by atoms with Gasteiger partial charge >= 0.3 is 0 Å². The molecule has 0 bridgehead atoms. The fourth-order valence-corrected chi connectivity index (χ4v) is 2.73. The minimum absolute atomic E-state index is 0.313. The molecule has 100 valence electrons. The largest absolute Gasteiger partial charge is 0.496 e. The van der Waals surface area contributed by atoms with Crippen molar-refractivity contribution in [2.75, 3.05) is 20.2 Å².